The Kier molecular flexibility index (Phi) is 4.51. The summed E-state index contributed by atoms with van der Waals surface area (Å²) in [5.74, 6) is 5.75. The maximum absolute atomic E-state index is 5.75. The summed E-state index contributed by atoms with van der Waals surface area (Å²) in [7, 11) is 0. The summed E-state index contributed by atoms with van der Waals surface area (Å²) in [6.07, 6.45) is 0. The molecule has 0 spiro atoms. The maximum atomic E-state index is 5.75. The van der Waals surface area contributed by atoms with Crippen molar-refractivity contribution in [2.24, 2.45) is 5.84 Å². The molecule has 2 aromatic carbocycles. The van der Waals surface area contributed by atoms with Gasteiger partial charge in [0.2, 0.25) is 0 Å². The van der Waals surface area contributed by atoms with Gasteiger partial charge < -0.3 is 0 Å². The van der Waals surface area contributed by atoms with Gasteiger partial charge >= 0.3 is 0 Å². The topological polar surface area (TPSA) is 38.0 Å². The summed E-state index contributed by atoms with van der Waals surface area (Å²) in [4.78, 5) is 1.19. The molecule has 0 aliphatic carbocycles. The van der Waals surface area contributed by atoms with Gasteiger partial charge in [0.15, 0.2) is 0 Å². The summed E-state index contributed by atoms with van der Waals surface area (Å²) in [5, 5.41) is 2.06. The van der Waals surface area contributed by atoms with Gasteiger partial charge in [0.05, 0.1) is 6.04 Å². The Morgan fingerprint density at radius 3 is 2.14 bits per heavy atom. The van der Waals surface area contributed by atoms with Crippen LogP contribution in [-0.4, -0.2) is 0 Å². The molecule has 3 N–H and O–H groups in total. The van der Waals surface area contributed by atoms with Gasteiger partial charge in [-0.05, 0) is 44.1 Å². The second kappa shape index (κ2) is 6.54. The minimum absolute atomic E-state index is 0.00389. The van der Waals surface area contributed by atoms with E-state index in [-0.39, 0.29) is 6.04 Å². The summed E-state index contributed by atoms with van der Waals surface area (Å²) < 4.78 is 1.09. The lowest BCUT2D eigenvalue weighted by atomic mass is 10.0. The molecule has 4 heteroatoms. The maximum Gasteiger partial charge on any atom is 0.0813 e. The Balaban J connectivity index is 1.91. The van der Waals surface area contributed by atoms with Crippen molar-refractivity contribution in [3.63, 3.8) is 0 Å². The van der Waals surface area contributed by atoms with Crippen LogP contribution in [0.3, 0.4) is 0 Å². The van der Waals surface area contributed by atoms with Gasteiger partial charge in [-0.15, -0.1) is 11.3 Å². The minimum Gasteiger partial charge on any atom is -0.271 e. The van der Waals surface area contributed by atoms with Crippen molar-refractivity contribution >= 4 is 27.3 Å². The van der Waals surface area contributed by atoms with E-state index in [0.717, 1.165) is 10.0 Å². The number of rotatable bonds is 4. The molecule has 0 saturated heterocycles. The third kappa shape index (κ3) is 3.09. The number of thiophene rings is 1. The standard InChI is InChI=1S/C17H15BrN2S/c18-15-10-11-21-17(15)16(20-19)14-8-6-13(7-9-14)12-4-2-1-3-5-12/h1-11,16,20H,19H2. The highest BCUT2D eigenvalue weighted by atomic mass is 79.9. The molecule has 0 bridgehead atoms. The van der Waals surface area contributed by atoms with Gasteiger partial charge in [0, 0.05) is 9.35 Å². The molecule has 0 amide bonds. The van der Waals surface area contributed by atoms with Crippen LogP contribution < -0.4 is 11.3 Å². The van der Waals surface area contributed by atoms with Gasteiger partial charge in [-0.25, -0.2) is 5.43 Å². The molecule has 0 saturated carbocycles. The van der Waals surface area contributed by atoms with Gasteiger partial charge in [-0.3, -0.25) is 5.84 Å². The number of nitrogens with one attached hydrogen (secondary N) is 1. The van der Waals surface area contributed by atoms with Crippen LogP contribution in [0.1, 0.15) is 16.5 Å². The highest BCUT2D eigenvalue weighted by Gasteiger charge is 2.16. The summed E-state index contributed by atoms with van der Waals surface area (Å²) in [6.45, 7) is 0. The average Bonchev–Trinajstić information content (AvgIpc) is 2.96. The first-order valence-electron chi connectivity index (χ1n) is 6.64. The molecule has 0 aliphatic rings. The van der Waals surface area contributed by atoms with Gasteiger partial charge in [-0.1, -0.05) is 54.6 Å². The third-order valence-electron chi connectivity index (χ3n) is 3.42. The molecule has 1 heterocycles. The molecule has 0 aliphatic heterocycles. The Labute approximate surface area is 136 Å². The lowest BCUT2D eigenvalue weighted by molar-refractivity contribution is 0.645. The molecule has 2 nitrogen and oxygen atoms in total. The van der Waals surface area contributed by atoms with Crippen LogP contribution in [0.2, 0.25) is 0 Å². The van der Waals surface area contributed by atoms with E-state index < -0.39 is 0 Å². The fourth-order valence-corrected chi connectivity index (χ4v) is 4.02. The average molecular weight is 359 g/mol. The lowest BCUT2D eigenvalue weighted by Crippen LogP contribution is -2.28. The number of hydrogen-bond donors (Lipinski definition) is 2. The van der Waals surface area contributed by atoms with Crippen LogP contribution in [-0.2, 0) is 0 Å². The molecule has 21 heavy (non-hydrogen) atoms. The predicted octanol–water partition coefficient (Wildman–Crippen LogP) is 4.73. The molecule has 1 aromatic heterocycles. The first-order chi connectivity index (χ1) is 10.3. The zero-order chi connectivity index (χ0) is 14.7. The number of hydrazine groups is 1. The van der Waals surface area contributed by atoms with E-state index in [1.807, 2.05) is 12.1 Å². The lowest BCUT2D eigenvalue weighted by Gasteiger charge is -2.16. The van der Waals surface area contributed by atoms with Crippen molar-refractivity contribution in [1.29, 1.82) is 0 Å². The summed E-state index contributed by atoms with van der Waals surface area (Å²) in [5.41, 5.74) is 6.48. The van der Waals surface area contributed by atoms with Crippen molar-refractivity contribution in [1.82, 2.24) is 5.43 Å². The first-order valence-corrected chi connectivity index (χ1v) is 8.31. The van der Waals surface area contributed by atoms with Crippen LogP contribution in [0.5, 0.6) is 0 Å². The van der Waals surface area contributed by atoms with E-state index >= 15 is 0 Å². The van der Waals surface area contributed by atoms with Gasteiger partial charge in [0.25, 0.3) is 0 Å². The first kappa shape index (κ1) is 14.5. The second-order valence-electron chi connectivity index (χ2n) is 4.72. The molecular formula is C17H15BrN2S. The van der Waals surface area contributed by atoms with Crippen LogP contribution in [0.4, 0.5) is 0 Å². The number of benzene rings is 2. The van der Waals surface area contributed by atoms with Gasteiger partial charge in [0.1, 0.15) is 0 Å². The van der Waals surface area contributed by atoms with Crippen molar-refractivity contribution in [3.8, 4) is 11.1 Å². The normalized spacial score (nSPS) is 12.3. The van der Waals surface area contributed by atoms with Crippen molar-refractivity contribution in [3.05, 3.63) is 81.0 Å². The molecule has 106 valence electrons. The van der Waals surface area contributed by atoms with Crippen LogP contribution in [0.15, 0.2) is 70.5 Å². The van der Waals surface area contributed by atoms with Crippen molar-refractivity contribution < 1.29 is 0 Å². The van der Waals surface area contributed by atoms with Crippen molar-refractivity contribution in [2.45, 2.75) is 6.04 Å². The Hall–Kier alpha value is -1.46. The monoisotopic (exact) mass is 358 g/mol. The van der Waals surface area contributed by atoms with Crippen LogP contribution in [0.25, 0.3) is 11.1 Å². The highest BCUT2D eigenvalue weighted by Crippen LogP contribution is 2.33. The summed E-state index contributed by atoms with van der Waals surface area (Å²) in [6, 6.07) is 20.9. The molecule has 3 aromatic rings. The molecular weight excluding hydrogens is 344 g/mol. The number of halogens is 1. The fourth-order valence-electron chi connectivity index (χ4n) is 2.33. The molecule has 0 radical (unpaired) electrons. The minimum atomic E-state index is 0.00389. The van der Waals surface area contributed by atoms with E-state index in [1.165, 1.54) is 16.0 Å². The molecule has 1 atom stereocenters. The van der Waals surface area contributed by atoms with E-state index in [2.05, 4.69) is 75.3 Å². The molecule has 3 rings (SSSR count). The SMILES string of the molecule is NNC(c1ccc(-c2ccccc2)cc1)c1sccc1Br. The molecule has 1 unspecified atom stereocenters. The molecule has 0 fully saturated rings. The second-order valence-corrected chi connectivity index (χ2v) is 6.52. The van der Waals surface area contributed by atoms with E-state index in [1.54, 1.807) is 11.3 Å². The zero-order valence-electron chi connectivity index (χ0n) is 11.3. The highest BCUT2D eigenvalue weighted by molar-refractivity contribution is 9.10. The Bertz CT molecular complexity index is 707. The smallest absolute Gasteiger partial charge is 0.0813 e. The largest absolute Gasteiger partial charge is 0.271 e. The Morgan fingerprint density at radius 2 is 1.57 bits per heavy atom. The zero-order valence-corrected chi connectivity index (χ0v) is 13.7. The Morgan fingerprint density at radius 1 is 0.905 bits per heavy atom. The quantitative estimate of drug-likeness (QED) is 0.522. The fraction of sp³-hybridized carbons (Fsp3) is 0.0588. The van der Waals surface area contributed by atoms with Gasteiger partial charge in [-0.2, -0.15) is 0 Å². The summed E-state index contributed by atoms with van der Waals surface area (Å²) >= 11 is 5.26. The van der Waals surface area contributed by atoms with E-state index in [9.17, 15) is 0 Å². The van der Waals surface area contributed by atoms with Crippen LogP contribution in [0, 0.1) is 0 Å². The van der Waals surface area contributed by atoms with Crippen molar-refractivity contribution in [2.75, 3.05) is 0 Å². The van der Waals surface area contributed by atoms with Crippen LogP contribution >= 0.6 is 27.3 Å². The predicted molar refractivity (Wildman–Crippen MR) is 93.1 cm³/mol. The number of nitrogens with two attached hydrogens (primary N) is 1. The number of hydrogen-bond acceptors (Lipinski definition) is 3. The third-order valence-corrected chi connectivity index (χ3v) is 5.36. The van der Waals surface area contributed by atoms with E-state index in [0.29, 0.717) is 0 Å². The van der Waals surface area contributed by atoms with E-state index in [4.69, 9.17) is 5.84 Å².